The third kappa shape index (κ3) is 3.11. The molecule has 0 aromatic heterocycles. The summed E-state index contributed by atoms with van der Waals surface area (Å²) in [6, 6.07) is -1.50. The van der Waals surface area contributed by atoms with Crippen molar-refractivity contribution in [2.24, 2.45) is 0 Å². The van der Waals surface area contributed by atoms with Crippen LogP contribution in [0.25, 0.3) is 0 Å². The zero-order valence-corrected chi connectivity index (χ0v) is 8.68. The maximum Gasteiger partial charge on any atom is 0.326 e. The number of aliphatic carboxylic acids is 2. The Morgan fingerprint density at radius 3 is 2.62 bits per heavy atom. The normalized spacial score (nSPS) is 17.8. The molecule has 0 spiro atoms. The Morgan fingerprint density at radius 1 is 1.44 bits per heavy atom. The molecule has 1 aliphatic rings. The van der Waals surface area contributed by atoms with Gasteiger partial charge in [-0.1, -0.05) is 0 Å². The van der Waals surface area contributed by atoms with Gasteiger partial charge >= 0.3 is 18.0 Å². The molecule has 1 saturated heterocycles. The van der Waals surface area contributed by atoms with E-state index in [-0.39, 0.29) is 12.8 Å². The van der Waals surface area contributed by atoms with Crippen LogP contribution in [0.15, 0.2) is 0 Å². The molecule has 0 aromatic rings. The smallest absolute Gasteiger partial charge is 0.326 e. The SMILES string of the molecule is O=C(O)CCC(C(=O)O)N1CCCNC1=O. The fraction of sp³-hybridized carbons (Fsp3) is 0.667. The number of rotatable bonds is 5. The van der Waals surface area contributed by atoms with E-state index < -0.39 is 24.0 Å². The molecule has 7 heteroatoms. The van der Waals surface area contributed by atoms with Gasteiger partial charge in [-0.15, -0.1) is 0 Å². The molecule has 0 saturated carbocycles. The van der Waals surface area contributed by atoms with Crippen LogP contribution in [0, 0.1) is 0 Å². The summed E-state index contributed by atoms with van der Waals surface area (Å²) in [6.07, 6.45) is 0.335. The van der Waals surface area contributed by atoms with Crippen molar-refractivity contribution in [2.45, 2.75) is 25.3 Å². The summed E-state index contributed by atoms with van der Waals surface area (Å²) < 4.78 is 0. The van der Waals surface area contributed by atoms with Gasteiger partial charge in [0.05, 0.1) is 0 Å². The standard InChI is InChI=1S/C9H14N2O5/c12-7(13)3-2-6(8(14)15)11-5-1-4-10-9(11)16/h6H,1-5H2,(H,10,16)(H,12,13)(H,14,15). The summed E-state index contributed by atoms with van der Waals surface area (Å²) in [5, 5.41) is 20.0. The first-order chi connectivity index (χ1) is 7.52. The van der Waals surface area contributed by atoms with E-state index in [4.69, 9.17) is 10.2 Å². The minimum Gasteiger partial charge on any atom is -0.481 e. The molecule has 7 nitrogen and oxygen atoms in total. The Balaban J connectivity index is 2.64. The van der Waals surface area contributed by atoms with Gasteiger partial charge in [0.2, 0.25) is 0 Å². The summed E-state index contributed by atoms with van der Waals surface area (Å²) in [7, 11) is 0. The van der Waals surface area contributed by atoms with Crippen LogP contribution in [-0.4, -0.2) is 52.2 Å². The molecule has 1 fully saturated rings. The van der Waals surface area contributed by atoms with Gasteiger partial charge in [-0.25, -0.2) is 9.59 Å². The fourth-order valence-corrected chi connectivity index (χ4v) is 1.62. The second-order valence-electron chi connectivity index (χ2n) is 3.57. The molecule has 1 atom stereocenters. The lowest BCUT2D eigenvalue weighted by Crippen LogP contribution is -2.53. The number of nitrogens with one attached hydrogen (secondary N) is 1. The molecule has 1 unspecified atom stereocenters. The fourth-order valence-electron chi connectivity index (χ4n) is 1.62. The molecule has 1 aliphatic heterocycles. The lowest BCUT2D eigenvalue weighted by molar-refractivity contribution is -0.143. The Hall–Kier alpha value is -1.79. The van der Waals surface area contributed by atoms with Gasteiger partial charge in [0.15, 0.2) is 0 Å². The van der Waals surface area contributed by atoms with Crippen LogP contribution in [-0.2, 0) is 9.59 Å². The van der Waals surface area contributed by atoms with Gasteiger partial charge in [-0.05, 0) is 12.8 Å². The van der Waals surface area contributed by atoms with Crippen molar-refractivity contribution >= 4 is 18.0 Å². The molecule has 1 rings (SSSR count). The van der Waals surface area contributed by atoms with E-state index >= 15 is 0 Å². The van der Waals surface area contributed by atoms with Crippen molar-refractivity contribution in [3.05, 3.63) is 0 Å². The van der Waals surface area contributed by atoms with E-state index in [1.165, 1.54) is 4.90 Å². The molecule has 90 valence electrons. The van der Waals surface area contributed by atoms with E-state index in [0.717, 1.165) is 0 Å². The number of urea groups is 1. The summed E-state index contributed by atoms with van der Waals surface area (Å²) >= 11 is 0. The maximum atomic E-state index is 11.4. The quantitative estimate of drug-likeness (QED) is 0.602. The van der Waals surface area contributed by atoms with Gasteiger partial charge in [0.1, 0.15) is 6.04 Å². The number of amides is 2. The molecule has 0 aliphatic carbocycles. The highest BCUT2D eigenvalue weighted by atomic mass is 16.4. The number of nitrogens with zero attached hydrogens (tertiary/aromatic N) is 1. The van der Waals surface area contributed by atoms with Crippen LogP contribution >= 0.6 is 0 Å². The summed E-state index contributed by atoms with van der Waals surface area (Å²) in [6.45, 7) is 0.878. The Morgan fingerprint density at radius 2 is 2.12 bits per heavy atom. The highest BCUT2D eigenvalue weighted by molar-refractivity contribution is 5.83. The summed E-state index contributed by atoms with van der Waals surface area (Å²) in [4.78, 5) is 33.9. The monoisotopic (exact) mass is 230 g/mol. The molecule has 0 radical (unpaired) electrons. The topological polar surface area (TPSA) is 107 Å². The molecule has 2 amide bonds. The van der Waals surface area contributed by atoms with Crippen molar-refractivity contribution in [2.75, 3.05) is 13.1 Å². The number of carboxylic acid groups (broad SMARTS) is 2. The van der Waals surface area contributed by atoms with E-state index in [2.05, 4.69) is 5.32 Å². The molecular formula is C9H14N2O5. The number of hydrogen-bond acceptors (Lipinski definition) is 3. The van der Waals surface area contributed by atoms with E-state index in [1.54, 1.807) is 0 Å². The first-order valence-electron chi connectivity index (χ1n) is 5.01. The van der Waals surface area contributed by atoms with Gasteiger partial charge in [0, 0.05) is 19.5 Å². The van der Waals surface area contributed by atoms with Gasteiger partial charge in [0.25, 0.3) is 0 Å². The largest absolute Gasteiger partial charge is 0.481 e. The molecule has 1 heterocycles. The second kappa shape index (κ2) is 5.34. The molecule has 16 heavy (non-hydrogen) atoms. The van der Waals surface area contributed by atoms with Crippen molar-refractivity contribution < 1.29 is 24.6 Å². The summed E-state index contributed by atoms with van der Waals surface area (Å²) in [5.41, 5.74) is 0. The average molecular weight is 230 g/mol. The first kappa shape index (κ1) is 12.3. The average Bonchev–Trinajstić information content (AvgIpc) is 2.20. The highest BCUT2D eigenvalue weighted by Gasteiger charge is 2.31. The van der Waals surface area contributed by atoms with Crippen LogP contribution in [0.5, 0.6) is 0 Å². The number of carboxylic acids is 2. The first-order valence-corrected chi connectivity index (χ1v) is 5.01. The number of hydrogen-bond donors (Lipinski definition) is 3. The third-order valence-corrected chi connectivity index (χ3v) is 2.41. The maximum absolute atomic E-state index is 11.4. The van der Waals surface area contributed by atoms with Crippen LogP contribution in [0.3, 0.4) is 0 Å². The van der Waals surface area contributed by atoms with Crippen LogP contribution in [0.2, 0.25) is 0 Å². The van der Waals surface area contributed by atoms with E-state index in [9.17, 15) is 14.4 Å². The highest BCUT2D eigenvalue weighted by Crippen LogP contribution is 2.11. The van der Waals surface area contributed by atoms with Crippen LogP contribution in [0.1, 0.15) is 19.3 Å². The Bertz CT molecular complexity index is 304. The Labute approximate surface area is 92.0 Å². The summed E-state index contributed by atoms with van der Waals surface area (Å²) in [5.74, 6) is -2.23. The molecule has 0 bridgehead atoms. The predicted octanol–water partition coefficient (Wildman–Crippen LogP) is -0.280. The molecule has 0 aromatic carbocycles. The zero-order chi connectivity index (χ0) is 12.1. The number of carbonyl (C=O) groups is 3. The lowest BCUT2D eigenvalue weighted by Gasteiger charge is -2.32. The van der Waals surface area contributed by atoms with Gasteiger partial charge in [-0.3, -0.25) is 4.79 Å². The van der Waals surface area contributed by atoms with E-state index in [0.29, 0.717) is 19.5 Å². The van der Waals surface area contributed by atoms with Gasteiger partial charge in [-0.2, -0.15) is 0 Å². The predicted molar refractivity (Wildman–Crippen MR) is 53.0 cm³/mol. The van der Waals surface area contributed by atoms with Crippen molar-refractivity contribution in [1.82, 2.24) is 10.2 Å². The second-order valence-corrected chi connectivity index (χ2v) is 3.57. The lowest BCUT2D eigenvalue weighted by atomic mass is 10.1. The molecular weight excluding hydrogens is 216 g/mol. The van der Waals surface area contributed by atoms with Gasteiger partial charge < -0.3 is 20.4 Å². The third-order valence-electron chi connectivity index (χ3n) is 2.41. The van der Waals surface area contributed by atoms with Crippen LogP contribution in [0.4, 0.5) is 4.79 Å². The minimum atomic E-state index is -1.17. The van der Waals surface area contributed by atoms with E-state index in [1.807, 2.05) is 0 Å². The number of carbonyl (C=O) groups excluding carboxylic acids is 1. The zero-order valence-electron chi connectivity index (χ0n) is 8.68. The van der Waals surface area contributed by atoms with Crippen molar-refractivity contribution in [3.63, 3.8) is 0 Å². The van der Waals surface area contributed by atoms with Crippen molar-refractivity contribution in [3.8, 4) is 0 Å². The van der Waals surface area contributed by atoms with Crippen molar-refractivity contribution in [1.29, 1.82) is 0 Å². The molecule has 3 N–H and O–H groups in total. The minimum absolute atomic E-state index is 0.0713. The Kier molecular flexibility index (Phi) is 4.10. The van der Waals surface area contributed by atoms with Crippen LogP contribution < -0.4 is 5.32 Å².